The largest absolute Gasteiger partial charge is 0.337 e. The van der Waals surface area contributed by atoms with Gasteiger partial charge in [-0.3, -0.25) is 4.79 Å². The lowest BCUT2D eigenvalue weighted by Crippen LogP contribution is -2.64. The van der Waals surface area contributed by atoms with E-state index >= 15 is 0 Å². The molecule has 0 spiro atoms. The highest BCUT2D eigenvalue weighted by Gasteiger charge is 2.53. The minimum atomic E-state index is -0.491. The molecule has 3 heterocycles. The number of hydrogen-bond acceptors (Lipinski definition) is 4. The summed E-state index contributed by atoms with van der Waals surface area (Å²) in [6.45, 7) is 4.97. The minimum Gasteiger partial charge on any atom is -0.337 e. The molecule has 2 aliphatic heterocycles. The van der Waals surface area contributed by atoms with E-state index in [9.17, 15) is 4.79 Å². The van der Waals surface area contributed by atoms with Gasteiger partial charge in [-0.1, -0.05) is 0 Å². The maximum atomic E-state index is 12.9. The highest BCUT2D eigenvalue weighted by molar-refractivity contribution is 6.07. The maximum absolute atomic E-state index is 12.9. The van der Waals surface area contributed by atoms with Gasteiger partial charge in [-0.2, -0.15) is 0 Å². The first-order valence-corrected chi connectivity index (χ1v) is 7.89. The molecule has 1 saturated carbocycles. The standard InChI is InChI=1S/C16H21N4O/c1-3-16-8-4-5-9-20(16)14-12(19(2)15(16)21)10-17-13(18-14)11-6-7-11/h10-11H,1,3-9H2,2H3/q+1. The third-order valence-corrected chi connectivity index (χ3v) is 5.18. The summed E-state index contributed by atoms with van der Waals surface area (Å²) in [5.41, 5.74) is 0.352. The van der Waals surface area contributed by atoms with Crippen molar-refractivity contribution in [3.05, 3.63) is 18.9 Å². The Hall–Kier alpha value is -1.78. The number of amides is 1. The Kier molecular flexibility index (Phi) is 2.68. The maximum Gasteiger partial charge on any atom is 0.257 e. The van der Waals surface area contributed by atoms with Crippen LogP contribution in [0.2, 0.25) is 0 Å². The molecular formula is C16H21N4O+. The molecule has 1 aromatic rings. The number of anilines is 2. The van der Waals surface area contributed by atoms with Crippen LogP contribution in [0, 0.1) is 6.92 Å². The molecular weight excluding hydrogens is 264 g/mol. The lowest BCUT2D eigenvalue weighted by molar-refractivity contribution is -0.124. The van der Waals surface area contributed by atoms with E-state index in [2.05, 4.69) is 16.8 Å². The summed E-state index contributed by atoms with van der Waals surface area (Å²) in [5.74, 6) is 2.56. The SMILES string of the molecule is [CH2+]CC12CCCCN1c1nc(C3CC3)ncc1N(C)C2=O. The Morgan fingerprint density at radius 3 is 2.95 bits per heavy atom. The molecule has 0 N–H and O–H groups in total. The van der Waals surface area contributed by atoms with E-state index < -0.39 is 5.54 Å². The molecule has 21 heavy (non-hydrogen) atoms. The molecule has 1 aliphatic carbocycles. The van der Waals surface area contributed by atoms with Gasteiger partial charge in [0.1, 0.15) is 17.9 Å². The van der Waals surface area contributed by atoms with Crippen molar-refractivity contribution in [3.63, 3.8) is 0 Å². The molecule has 5 nitrogen and oxygen atoms in total. The monoisotopic (exact) mass is 285 g/mol. The fourth-order valence-corrected chi connectivity index (χ4v) is 3.71. The lowest BCUT2D eigenvalue weighted by atomic mass is 9.81. The Balaban J connectivity index is 1.87. The quantitative estimate of drug-likeness (QED) is 0.782. The van der Waals surface area contributed by atoms with E-state index in [1.807, 2.05) is 13.2 Å². The van der Waals surface area contributed by atoms with Crippen LogP contribution in [0.15, 0.2) is 6.20 Å². The molecule has 1 amide bonds. The van der Waals surface area contributed by atoms with E-state index in [0.717, 1.165) is 43.1 Å². The fraction of sp³-hybridized carbons (Fsp3) is 0.625. The van der Waals surface area contributed by atoms with Gasteiger partial charge in [0.15, 0.2) is 11.4 Å². The summed E-state index contributed by atoms with van der Waals surface area (Å²) in [5, 5.41) is 0. The van der Waals surface area contributed by atoms with E-state index in [1.165, 1.54) is 12.8 Å². The molecule has 0 radical (unpaired) electrons. The second-order valence-corrected chi connectivity index (χ2v) is 6.47. The lowest BCUT2D eigenvalue weighted by Gasteiger charge is -2.50. The summed E-state index contributed by atoms with van der Waals surface area (Å²) in [6, 6.07) is 0. The average Bonchev–Trinajstić information content (AvgIpc) is 3.37. The molecule has 4 rings (SSSR count). The number of nitrogens with zero attached hydrogens (tertiary/aromatic N) is 4. The van der Waals surface area contributed by atoms with Crippen LogP contribution in [0.3, 0.4) is 0 Å². The van der Waals surface area contributed by atoms with Gasteiger partial charge >= 0.3 is 0 Å². The van der Waals surface area contributed by atoms with Crippen molar-refractivity contribution in [1.29, 1.82) is 0 Å². The smallest absolute Gasteiger partial charge is 0.257 e. The summed E-state index contributed by atoms with van der Waals surface area (Å²) >= 11 is 0. The molecule has 5 heteroatoms. The first kappa shape index (κ1) is 12.9. The molecule has 1 unspecified atom stereocenters. The fourth-order valence-electron chi connectivity index (χ4n) is 3.71. The van der Waals surface area contributed by atoms with Crippen LogP contribution in [0.1, 0.15) is 50.3 Å². The van der Waals surface area contributed by atoms with Gasteiger partial charge < -0.3 is 9.80 Å². The normalized spacial score (nSPS) is 28.3. The van der Waals surface area contributed by atoms with Gasteiger partial charge in [-0.15, -0.1) is 0 Å². The summed E-state index contributed by atoms with van der Waals surface area (Å²) in [4.78, 5) is 26.2. The van der Waals surface area contributed by atoms with Crippen molar-refractivity contribution < 1.29 is 4.79 Å². The molecule has 2 fully saturated rings. The zero-order valence-corrected chi connectivity index (χ0v) is 12.5. The third kappa shape index (κ3) is 1.69. The number of fused-ring (bicyclic) bond motifs is 3. The van der Waals surface area contributed by atoms with Crippen molar-refractivity contribution in [2.24, 2.45) is 0 Å². The van der Waals surface area contributed by atoms with E-state index in [0.29, 0.717) is 12.3 Å². The molecule has 1 saturated heterocycles. The van der Waals surface area contributed by atoms with Crippen LogP contribution in [0.5, 0.6) is 0 Å². The van der Waals surface area contributed by atoms with E-state index in [4.69, 9.17) is 4.98 Å². The second kappa shape index (κ2) is 4.36. The topological polar surface area (TPSA) is 49.3 Å². The van der Waals surface area contributed by atoms with Gasteiger partial charge in [0.2, 0.25) is 0 Å². The molecule has 1 atom stereocenters. The van der Waals surface area contributed by atoms with Gasteiger partial charge in [0.25, 0.3) is 5.91 Å². The third-order valence-electron chi connectivity index (χ3n) is 5.18. The van der Waals surface area contributed by atoms with Crippen molar-refractivity contribution in [3.8, 4) is 0 Å². The van der Waals surface area contributed by atoms with Gasteiger partial charge in [-0.25, -0.2) is 9.97 Å². The Morgan fingerprint density at radius 1 is 1.43 bits per heavy atom. The van der Waals surface area contributed by atoms with Crippen LogP contribution < -0.4 is 9.80 Å². The zero-order valence-electron chi connectivity index (χ0n) is 12.5. The van der Waals surface area contributed by atoms with Gasteiger partial charge in [0, 0.05) is 19.5 Å². The van der Waals surface area contributed by atoms with Crippen molar-refractivity contribution >= 4 is 17.4 Å². The average molecular weight is 285 g/mol. The summed E-state index contributed by atoms with van der Waals surface area (Å²) in [6.07, 6.45) is 7.88. The number of aromatic nitrogens is 2. The minimum absolute atomic E-state index is 0.146. The van der Waals surface area contributed by atoms with Crippen LogP contribution in [0.4, 0.5) is 11.5 Å². The van der Waals surface area contributed by atoms with Gasteiger partial charge in [0.05, 0.1) is 13.1 Å². The van der Waals surface area contributed by atoms with Crippen LogP contribution in [0.25, 0.3) is 0 Å². The second-order valence-electron chi connectivity index (χ2n) is 6.47. The van der Waals surface area contributed by atoms with Crippen LogP contribution >= 0.6 is 0 Å². The Bertz CT molecular complexity index is 598. The summed E-state index contributed by atoms with van der Waals surface area (Å²) < 4.78 is 0. The number of carbonyl (C=O) groups excluding carboxylic acids is 1. The number of hydrogen-bond donors (Lipinski definition) is 0. The van der Waals surface area contributed by atoms with Gasteiger partial charge in [-0.05, 0) is 32.1 Å². The summed E-state index contributed by atoms with van der Waals surface area (Å²) in [7, 11) is 1.84. The first-order chi connectivity index (χ1) is 10.2. The highest BCUT2D eigenvalue weighted by Crippen LogP contribution is 2.46. The predicted molar refractivity (Wildman–Crippen MR) is 81.3 cm³/mol. The van der Waals surface area contributed by atoms with E-state index in [1.54, 1.807) is 4.90 Å². The highest BCUT2D eigenvalue weighted by atomic mass is 16.2. The number of piperidine rings is 1. The number of likely N-dealkylation sites (N-methyl/N-ethyl adjacent to an activating group) is 1. The number of carbonyl (C=O) groups is 1. The van der Waals surface area contributed by atoms with Crippen molar-refractivity contribution in [1.82, 2.24) is 9.97 Å². The first-order valence-electron chi connectivity index (χ1n) is 7.89. The molecule has 110 valence electrons. The number of rotatable bonds is 2. The van der Waals surface area contributed by atoms with Crippen LogP contribution in [-0.2, 0) is 4.79 Å². The van der Waals surface area contributed by atoms with Crippen LogP contribution in [-0.4, -0.2) is 35.0 Å². The predicted octanol–water partition coefficient (Wildman–Crippen LogP) is 2.28. The molecule has 0 bridgehead atoms. The van der Waals surface area contributed by atoms with Crippen molar-refractivity contribution in [2.45, 2.75) is 50.0 Å². The Labute approximate surface area is 125 Å². The van der Waals surface area contributed by atoms with E-state index in [-0.39, 0.29) is 5.91 Å². The molecule has 3 aliphatic rings. The molecule has 1 aromatic heterocycles. The molecule has 0 aromatic carbocycles. The Morgan fingerprint density at radius 2 is 2.24 bits per heavy atom. The zero-order chi connectivity index (χ0) is 14.6. The van der Waals surface area contributed by atoms with Crippen molar-refractivity contribution in [2.75, 3.05) is 23.4 Å².